The Bertz CT molecular complexity index is 827. The Morgan fingerprint density at radius 2 is 1.96 bits per heavy atom. The molecule has 0 radical (unpaired) electrons. The summed E-state index contributed by atoms with van der Waals surface area (Å²) in [7, 11) is 1.66. The van der Waals surface area contributed by atoms with Gasteiger partial charge in [-0.05, 0) is 31.4 Å². The summed E-state index contributed by atoms with van der Waals surface area (Å²) in [5.41, 5.74) is 1.38. The SMILES string of the molecule is CN(CCO)C(=O)CCn1c(=O)c(N2CCCCC2)nc2ccccc21. The van der Waals surface area contributed by atoms with Gasteiger partial charge >= 0.3 is 0 Å². The van der Waals surface area contributed by atoms with Crippen LogP contribution in [0.15, 0.2) is 29.1 Å². The number of aryl methyl sites for hydroxylation is 1. The number of carbonyl (C=O) groups excluding carboxylic acids is 1. The largest absolute Gasteiger partial charge is 0.395 e. The predicted octanol–water partition coefficient (Wildman–Crippen LogP) is 1.23. The molecule has 1 saturated heterocycles. The maximum Gasteiger partial charge on any atom is 0.294 e. The zero-order valence-electron chi connectivity index (χ0n) is 15.2. The van der Waals surface area contributed by atoms with Crippen molar-refractivity contribution in [2.24, 2.45) is 0 Å². The number of aliphatic hydroxyl groups is 1. The van der Waals surface area contributed by atoms with E-state index >= 15 is 0 Å². The molecule has 2 heterocycles. The van der Waals surface area contributed by atoms with Crippen LogP contribution in [-0.4, -0.2) is 58.8 Å². The number of hydrogen-bond donors (Lipinski definition) is 1. The van der Waals surface area contributed by atoms with E-state index in [1.807, 2.05) is 24.3 Å². The normalized spacial score (nSPS) is 14.6. The van der Waals surface area contributed by atoms with Crippen LogP contribution in [0, 0.1) is 0 Å². The summed E-state index contributed by atoms with van der Waals surface area (Å²) >= 11 is 0. The molecule has 1 aliphatic rings. The van der Waals surface area contributed by atoms with Crippen LogP contribution in [0.4, 0.5) is 5.82 Å². The Hall–Kier alpha value is -2.41. The van der Waals surface area contributed by atoms with Crippen molar-refractivity contribution in [1.82, 2.24) is 14.5 Å². The number of aliphatic hydroxyl groups excluding tert-OH is 1. The highest BCUT2D eigenvalue weighted by Crippen LogP contribution is 2.18. The van der Waals surface area contributed by atoms with E-state index in [2.05, 4.69) is 9.88 Å². The van der Waals surface area contributed by atoms with Gasteiger partial charge in [-0.1, -0.05) is 12.1 Å². The number of carbonyl (C=O) groups is 1. The second-order valence-electron chi connectivity index (χ2n) is 6.72. The van der Waals surface area contributed by atoms with E-state index < -0.39 is 0 Å². The number of aromatic nitrogens is 2. The Kier molecular flexibility index (Phi) is 5.88. The molecule has 0 unspecified atom stereocenters. The summed E-state index contributed by atoms with van der Waals surface area (Å²) < 4.78 is 1.66. The average Bonchev–Trinajstić information content (AvgIpc) is 2.67. The molecule has 140 valence electrons. The number of amides is 1. The summed E-state index contributed by atoms with van der Waals surface area (Å²) in [5, 5.41) is 8.97. The second kappa shape index (κ2) is 8.31. The van der Waals surface area contributed by atoms with Gasteiger partial charge in [-0.15, -0.1) is 0 Å². The molecule has 3 rings (SSSR count). The minimum Gasteiger partial charge on any atom is -0.395 e. The number of para-hydroxylation sites is 2. The van der Waals surface area contributed by atoms with Gasteiger partial charge in [0.15, 0.2) is 5.82 Å². The fraction of sp³-hybridized carbons (Fsp3) is 0.526. The summed E-state index contributed by atoms with van der Waals surface area (Å²) in [6.45, 7) is 2.22. The first-order valence-electron chi connectivity index (χ1n) is 9.21. The van der Waals surface area contributed by atoms with Crippen LogP contribution in [0.5, 0.6) is 0 Å². The number of likely N-dealkylation sites (N-methyl/N-ethyl adjacent to an activating group) is 1. The zero-order valence-corrected chi connectivity index (χ0v) is 15.2. The van der Waals surface area contributed by atoms with E-state index in [9.17, 15) is 9.59 Å². The highest BCUT2D eigenvalue weighted by Gasteiger charge is 2.19. The molecule has 7 nitrogen and oxygen atoms in total. The maximum absolute atomic E-state index is 13.1. The van der Waals surface area contributed by atoms with Gasteiger partial charge in [0.05, 0.1) is 17.6 Å². The summed E-state index contributed by atoms with van der Waals surface area (Å²) in [6.07, 6.45) is 3.53. The molecule has 0 saturated carbocycles. The van der Waals surface area contributed by atoms with Crippen LogP contribution in [0.25, 0.3) is 11.0 Å². The maximum atomic E-state index is 13.1. The lowest BCUT2D eigenvalue weighted by atomic mass is 10.1. The monoisotopic (exact) mass is 358 g/mol. The molecule has 1 N–H and O–H groups in total. The molecule has 1 aromatic carbocycles. The fourth-order valence-electron chi connectivity index (χ4n) is 3.39. The smallest absolute Gasteiger partial charge is 0.294 e. The number of piperidine rings is 1. The molecule has 1 fully saturated rings. The molecule has 0 atom stereocenters. The predicted molar refractivity (Wildman–Crippen MR) is 101 cm³/mol. The Morgan fingerprint density at radius 3 is 2.69 bits per heavy atom. The summed E-state index contributed by atoms with van der Waals surface area (Å²) in [4.78, 5) is 33.5. The van der Waals surface area contributed by atoms with Crippen LogP contribution < -0.4 is 10.5 Å². The van der Waals surface area contributed by atoms with Gasteiger partial charge in [0.2, 0.25) is 5.91 Å². The number of rotatable bonds is 6. The van der Waals surface area contributed by atoms with Crippen molar-refractivity contribution in [1.29, 1.82) is 0 Å². The molecule has 26 heavy (non-hydrogen) atoms. The van der Waals surface area contributed by atoms with Crippen molar-refractivity contribution in [3.05, 3.63) is 34.6 Å². The van der Waals surface area contributed by atoms with E-state index in [0.717, 1.165) is 37.0 Å². The number of anilines is 1. The Morgan fingerprint density at radius 1 is 1.23 bits per heavy atom. The first-order chi connectivity index (χ1) is 12.6. The highest BCUT2D eigenvalue weighted by atomic mass is 16.3. The molecular weight excluding hydrogens is 332 g/mol. The molecule has 7 heteroatoms. The summed E-state index contributed by atoms with van der Waals surface area (Å²) in [5.74, 6) is 0.394. The molecule has 1 amide bonds. The van der Waals surface area contributed by atoms with Gasteiger partial charge < -0.3 is 19.5 Å². The molecular formula is C19H26N4O3. The molecule has 1 aliphatic heterocycles. The van der Waals surface area contributed by atoms with Gasteiger partial charge in [-0.3, -0.25) is 9.59 Å². The average molecular weight is 358 g/mol. The molecule has 0 bridgehead atoms. The van der Waals surface area contributed by atoms with Crippen molar-refractivity contribution in [2.45, 2.75) is 32.2 Å². The van der Waals surface area contributed by atoms with Crippen molar-refractivity contribution in [3.63, 3.8) is 0 Å². The number of benzene rings is 1. The lowest BCUT2D eigenvalue weighted by molar-refractivity contribution is -0.130. The summed E-state index contributed by atoms with van der Waals surface area (Å²) in [6, 6.07) is 7.55. The van der Waals surface area contributed by atoms with Gasteiger partial charge in [0, 0.05) is 39.6 Å². The van der Waals surface area contributed by atoms with Crippen LogP contribution in [-0.2, 0) is 11.3 Å². The van der Waals surface area contributed by atoms with Crippen LogP contribution in [0.3, 0.4) is 0 Å². The first-order valence-corrected chi connectivity index (χ1v) is 9.21. The van der Waals surface area contributed by atoms with E-state index in [-0.39, 0.29) is 24.5 Å². The lowest BCUT2D eigenvalue weighted by Crippen LogP contribution is -2.38. The zero-order chi connectivity index (χ0) is 18.5. The van der Waals surface area contributed by atoms with Crippen LogP contribution >= 0.6 is 0 Å². The van der Waals surface area contributed by atoms with E-state index in [1.165, 1.54) is 11.3 Å². The molecule has 0 spiro atoms. The van der Waals surface area contributed by atoms with Crippen LogP contribution in [0.2, 0.25) is 0 Å². The Balaban J connectivity index is 1.93. The topological polar surface area (TPSA) is 78.7 Å². The second-order valence-corrected chi connectivity index (χ2v) is 6.72. The third-order valence-corrected chi connectivity index (χ3v) is 4.90. The minimum absolute atomic E-state index is 0.0700. The molecule has 1 aromatic heterocycles. The fourth-order valence-corrected chi connectivity index (χ4v) is 3.39. The first kappa shape index (κ1) is 18.4. The quantitative estimate of drug-likeness (QED) is 0.840. The minimum atomic E-state index is -0.136. The van der Waals surface area contributed by atoms with Gasteiger partial charge in [-0.25, -0.2) is 4.98 Å². The van der Waals surface area contributed by atoms with Crippen molar-refractivity contribution >= 4 is 22.8 Å². The molecule has 0 aliphatic carbocycles. The van der Waals surface area contributed by atoms with Crippen molar-refractivity contribution in [3.8, 4) is 0 Å². The highest BCUT2D eigenvalue weighted by molar-refractivity contribution is 5.78. The van der Waals surface area contributed by atoms with Crippen LogP contribution in [0.1, 0.15) is 25.7 Å². The lowest BCUT2D eigenvalue weighted by Gasteiger charge is -2.28. The van der Waals surface area contributed by atoms with Gasteiger partial charge in [-0.2, -0.15) is 0 Å². The van der Waals surface area contributed by atoms with E-state index in [0.29, 0.717) is 18.9 Å². The van der Waals surface area contributed by atoms with E-state index in [4.69, 9.17) is 5.11 Å². The van der Waals surface area contributed by atoms with Gasteiger partial charge in [0.25, 0.3) is 5.56 Å². The molecule has 2 aromatic rings. The number of fused-ring (bicyclic) bond motifs is 1. The van der Waals surface area contributed by atoms with Gasteiger partial charge in [0.1, 0.15) is 0 Å². The van der Waals surface area contributed by atoms with E-state index in [1.54, 1.807) is 11.6 Å². The standard InChI is InChI=1S/C19H26N4O3/c1-21(13-14-24)17(25)9-12-23-16-8-4-3-7-15(16)20-18(19(23)26)22-10-5-2-6-11-22/h3-4,7-8,24H,2,5-6,9-14H2,1H3. The number of nitrogens with zero attached hydrogens (tertiary/aromatic N) is 4. The third-order valence-electron chi connectivity index (χ3n) is 4.90. The van der Waals surface area contributed by atoms with Crippen molar-refractivity contribution in [2.75, 3.05) is 38.2 Å². The van der Waals surface area contributed by atoms with Crippen molar-refractivity contribution < 1.29 is 9.90 Å². The Labute approximate surface area is 152 Å². The third kappa shape index (κ3) is 3.88. The number of hydrogen-bond acceptors (Lipinski definition) is 5.